The van der Waals surface area contributed by atoms with Gasteiger partial charge < -0.3 is 15.5 Å². The van der Waals surface area contributed by atoms with Crippen LogP contribution in [0.1, 0.15) is 56.6 Å². The Hall–Kier alpha value is -3.52. The molecule has 8 heteroatoms. The first-order chi connectivity index (χ1) is 19.4. The molecule has 0 radical (unpaired) electrons. The third-order valence-electron chi connectivity index (χ3n) is 9.50. The largest absolute Gasteiger partial charge is 0.328 e. The minimum absolute atomic E-state index is 0.0277. The van der Waals surface area contributed by atoms with Crippen molar-refractivity contribution in [3.05, 3.63) is 89.0 Å². The number of alkyl halides is 1. The molecule has 3 aromatic rings. The van der Waals surface area contributed by atoms with Gasteiger partial charge in [-0.25, -0.2) is 14.2 Å². The fourth-order valence-corrected chi connectivity index (χ4v) is 7.21. The maximum Gasteiger partial charge on any atom is 0.320 e. The molecule has 40 heavy (non-hydrogen) atoms. The molecule has 2 N–H and O–H groups in total. The number of halogens is 1. The van der Waals surface area contributed by atoms with E-state index in [2.05, 4.69) is 17.1 Å². The molecule has 3 heterocycles. The third kappa shape index (κ3) is 4.94. The second-order valence-corrected chi connectivity index (χ2v) is 11.9. The lowest BCUT2D eigenvalue weighted by atomic mass is 9.67. The lowest BCUT2D eigenvalue weighted by Crippen LogP contribution is -2.62. The van der Waals surface area contributed by atoms with E-state index in [9.17, 15) is 9.59 Å². The number of urea groups is 1. The first-order valence-corrected chi connectivity index (χ1v) is 14.5. The number of nitrogens with two attached hydrogens (primary N) is 1. The number of amides is 2. The predicted octanol–water partition coefficient (Wildman–Crippen LogP) is 5.17. The van der Waals surface area contributed by atoms with Crippen LogP contribution in [0.15, 0.2) is 77.9 Å². The number of likely N-dealkylation sites (tertiary alicyclic amines) is 2. The van der Waals surface area contributed by atoms with Crippen molar-refractivity contribution < 1.29 is 9.18 Å². The molecule has 7 nitrogen and oxygen atoms in total. The van der Waals surface area contributed by atoms with E-state index >= 15 is 4.39 Å². The summed E-state index contributed by atoms with van der Waals surface area (Å²) in [4.78, 5) is 35.4. The summed E-state index contributed by atoms with van der Waals surface area (Å²) in [6.07, 6.45) is 6.45. The summed E-state index contributed by atoms with van der Waals surface area (Å²) in [5.74, 6) is 0. The molecule has 1 spiro atoms. The van der Waals surface area contributed by atoms with Crippen LogP contribution in [0.4, 0.5) is 9.18 Å². The Morgan fingerprint density at radius 2 is 1.70 bits per heavy atom. The van der Waals surface area contributed by atoms with Gasteiger partial charge in [-0.3, -0.25) is 9.36 Å². The maximum absolute atomic E-state index is 17.1. The van der Waals surface area contributed by atoms with Gasteiger partial charge in [-0.15, -0.1) is 0 Å². The quantitative estimate of drug-likeness (QED) is 0.492. The SMILES string of the molecule is N[C@@H]1CCN(C(=O)N2CCC(F)(Cn3cnc(-c4ccccc4)cc3=O)C3(CCCC3)C2)[C@H](c2ccccc2)C1. The van der Waals surface area contributed by atoms with E-state index in [4.69, 9.17) is 5.73 Å². The van der Waals surface area contributed by atoms with Crippen molar-refractivity contribution in [2.75, 3.05) is 19.6 Å². The molecule has 6 rings (SSSR count). The number of nitrogens with zero attached hydrogens (tertiary/aromatic N) is 4. The van der Waals surface area contributed by atoms with Crippen molar-refractivity contribution in [1.29, 1.82) is 0 Å². The highest BCUT2D eigenvalue weighted by Gasteiger charge is 2.57. The molecular weight excluding hydrogens is 505 g/mol. The second-order valence-electron chi connectivity index (χ2n) is 11.9. The number of carbonyl (C=O) groups excluding carboxylic acids is 1. The van der Waals surface area contributed by atoms with Crippen LogP contribution in [-0.2, 0) is 6.54 Å². The van der Waals surface area contributed by atoms with E-state index in [1.807, 2.05) is 58.3 Å². The van der Waals surface area contributed by atoms with Crippen molar-refractivity contribution in [3.63, 3.8) is 0 Å². The van der Waals surface area contributed by atoms with Gasteiger partial charge in [0.15, 0.2) is 0 Å². The number of rotatable bonds is 4. The summed E-state index contributed by atoms with van der Waals surface area (Å²) in [6.45, 7) is 1.25. The maximum atomic E-state index is 17.1. The Morgan fingerprint density at radius 3 is 2.40 bits per heavy atom. The smallest absolute Gasteiger partial charge is 0.320 e. The van der Waals surface area contributed by atoms with Crippen LogP contribution in [0.2, 0.25) is 0 Å². The molecular formula is C32H38FN5O2. The van der Waals surface area contributed by atoms with Crippen molar-refractivity contribution in [2.24, 2.45) is 11.1 Å². The number of piperidine rings is 2. The number of aromatic nitrogens is 2. The van der Waals surface area contributed by atoms with Crippen LogP contribution in [0.5, 0.6) is 0 Å². The van der Waals surface area contributed by atoms with Gasteiger partial charge in [0.25, 0.3) is 5.56 Å². The Kier molecular flexibility index (Phi) is 7.21. The molecule has 0 bridgehead atoms. The van der Waals surface area contributed by atoms with Gasteiger partial charge in [-0.05, 0) is 31.2 Å². The fourth-order valence-electron chi connectivity index (χ4n) is 7.21. The summed E-state index contributed by atoms with van der Waals surface area (Å²) < 4.78 is 18.6. The van der Waals surface area contributed by atoms with E-state index in [0.717, 1.165) is 36.8 Å². The van der Waals surface area contributed by atoms with Gasteiger partial charge in [-0.2, -0.15) is 0 Å². The normalized spacial score (nSPS) is 26.2. The van der Waals surface area contributed by atoms with Crippen LogP contribution < -0.4 is 11.3 Å². The van der Waals surface area contributed by atoms with Crippen LogP contribution in [0.3, 0.4) is 0 Å². The summed E-state index contributed by atoms with van der Waals surface area (Å²) in [6, 6.07) is 21.0. The van der Waals surface area contributed by atoms with Crippen LogP contribution >= 0.6 is 0 Å². The summed E-state index contributed by atoms with van der Waals surface area (Å²) >= 11 is 0. The Balaban J connectivity index is 1.23. The van der Waals surface area contributed by atoms with Gasteiger partial charge >= 0.3 is 6.03 Å². The van der Waals surface area contributed by atoms with E-state index in [0.29, 0.717) is 38.2 Å². The number of carbonyl (C=O) groups is 1. The second kappa shape index (κ2) is 10.8. The van der Waals surface area contributed by atoms with Crippen molar-refractivity contribution >= 4 is 6.03 Å². The molecule has 2 amide bonds. The molecule has 1 aromatic heterocycles. The zero-order valence-electron chi connectivity index (χ0n) is 22.9. The van der Waals surface area contributed by atoms with Crippen molar-refractivity contribution in [2.45, 2.75) is 69.2 Å². The number of benzene rings is 2. The van der Waals surface area contributed by atoms with Crippen molar-refractivity contribution in [3.8, 4) is 11.3 Å². The molecule has 1 saturated carbocycles. The molecule has 3 fully saturated rings. The van der Waals surface area contributed by atoms with Gasteiger partial charge in [0, 0.05) is 49.1 Å². The van der Waals surface area contributed by atoms with Crippen LogP contribution in [-0.4, -0.2) is 56.7 Å². The lowest BCUT2D eigenvalue weighted by molar-refractivity contribution is -0.0799. The topological polar surface area (TPSA) is 84.5 Å². The summed E-state index contributed by atoms with van der Waals surface area (Å²) in [7, 11) is 0. The van der Waals surface area contributed by atoms with Crippen LogP contribution in [0, 0.1) is 5.41 Å². The zero-order chi connectivity index (χ0) is 27.7. The van der Waals surface area contributed by atoms with E-state index in [-0.39, 0.29) is 36.6 Å². The molecule has 210 valence electrons. The fraction of sp³-hybridized carbons (Fsp3) is 0.469. The molecule has 2 aliphatic heterocycles. The van der Waals surface area contributed by atoms with E-state index in [1.54, 1.807) is 0 Å². The minimum atomic E-state index is -1.59. The van der Waals surface area contributed by atoms with Gasteiger partial charge in [0.05, 0.1) is 24.6 Å². The standard InChI is InChI=1S/C32H38FN5O2/c33-32(22-37-23-35-27(20-29(37)39)24-9-3-1-4-10-24)16-18-36(21-31(32)14-7-8-15-31)30(40)38-17-13-26(34)19-28(38)25-11-5-2-6-12-25/h1-6,9-12,20,23,26,28H,7-8,13-19,21-22,34H2/t26-,28+,32?/m1/s1. The number of hydrogen-bond acceptors (Lipinski definition) is 4. The van der Waals surface area contributed by atoms with Gasteiger partial charge in [-0.1, -0.05) is 73.5 Å². The highest BCUT2D eigenvalue weighted by Crippen LogP contribution is 2.54. The Labute approximate surface area is 234 Å². The summed E-state index contributed by atoms with van der Waals surface area (Å²) in [5, 5.41) is 0. The van der Waals surface area contributed by atoms with E-state index in [1.165, 1.54) is 17.0 Å². The monoisotopic (exact) mass is 543 g/mol. The Morgan fingerprint density at radius 1 is 1.00 bits per heavy atom. The first kappa shape index (κ1) is 26.7. The first-order valence-electron chi connectivity index (χ1n) is 14.5. The minimum Gasteiger partial charge on any atom is -0.328 e. The molecule has 1 aliphatic carbocycles. The average molecular weight is 544 g/mol. The van der Waals surface area contributed by atoms with E-state index < -0.39 is 11.1 Å². The Bertz CT molecular complexity index is 1390. The zero-order valence-corrected chi connectivity index (χ0v) is 22.9. The molecule has 3 aliphatic rings. The highest BCUT2D eigenvalue weighted by atomic mass is 19.1. The van der Waals surface area contributed by atoms with Gasteiger partial charge in [0.2, 0.25) is 0 Å². The molecule has 2 saturated heterocycles. The predicted molar refractivity (Wildman–Crippen MR) is 153 cm³/mol. The van der Waals surface area contributed by atoms with Crippen molar-refractivity contribution in [1.82, 2.24) is 19.4 Å². The summed E-state index contributed by atoms with van der Waals surface area (Å²) in [5.41, 5.74) is 6.33. The lowest BCUT2D eigenvalue weighted by Gasteiger charge is -2.52. The molecule has 1 unspecified atom stereocenters. The number of hydrogen-bond donors (Lipinski definition) is 1. The highest BCUT2D eigenvalue weighted by molar-refractivity contribution is 5.75. The average Bonchev–Trinajstić information content (AvgIpc) is 3.46. The van der Waals surface area contributed by atoms with Crippen LogP contribution in [0.25, 0.3) is 11.3 Å². The third-order valence-corrected chi connectivity index (χ3v) is 9.50. The molecule has 2 aromatic carbocycles. The van der Waals surface area contributed by atoms with Gasteiger partial charge in [0.1, 0.15) is 5.67 Å². The molecule has 3 atom stereocenters.